The monoisotopic (exact) mass is 380 g/mol. The maximum absolute atomic E-state index is 12.2. The van der Waals surface area contributed by atoms with Gasteiger partial charge in [0.05, 0.1) is 5.54 Å². The Morgan fingerprint density at radius 3 is 2.69 bits per heavy atom. The number of carbonyl (C=O) groups excluding carboxylic acids is 1. The SMILES string of the molecule is CCCC(C)(N)C(=O)Nc1ccc(OCc2noc(C3CC3)n2)cc1.Cl. The second kappa shape index (κ2) is 8.51. The smallest absolute Gasteiger partial charge is 0.244 e. The highest BCUT2D eigenvalue weighted by molar-refractivity contribution is 5.97. The summed E-state index contributed by atoms with van der Waals surface area (Å²) in [6, 6.07) is 7.12. The van der Waals surface area contributed by atoms with E-state index in [2.05, 4.69) is 15.5 Å². The lowest BCUT2D eigenvalue weighted by Gasteiger charge is -2.22. The van der Waals surface area contributed by atoms with Crippen LogP contribution in [0.25, 0.3) is 0 Å². The van der Waals surface area contributed by atoms with E-state index in [4.69, 9.17) is 15.0 Å². The topological polar surface area (TPSA) is 103 Å². The number of hydrogen-bond donors (Lipinski definition) is 2. The maximum Gasteiger partial charge on any atom is 0.244 e. The van der Waals surface area contributed by atoms with Crippen LogP contribution in [0.5, 0.6) is 5.75 Å². The lowest BCUT2D eigenvalue weighted by atomic mass is 9.96. The van der Waals surface area contributed by atoms with E-state index >= 15 is 0 Å². The van der Waals surface area contributed by atoms with Gasteiger partial charge in [-0.3, -0.25) is 4.79 Å². The molecule has 2 aromatic rings. The average Bonchev–Trinajstić information content (AvgIpc) is 3.33. The van der Waals surface area contributed by atoms with Crippen LogP contribution in [-0.4, -0.2) is 21.6 Å². The number of carbonyl (C=O) groups is 1. The van der Waals surface area contributed by atoms with Crippen LogP contribution >= 0.6 is 12.4 Å². The fourth-order valence-electron chi connectivity index (χ4n) is 2.51. The van der Waals surface area contributed by atoms with Crippen molar-refractivity contribution in [3.8, 4) is 5.75 Å². The molecule has 1 aromatic carbocycles. The zero-order chi connectivity index (χ0) is 17.9. The van der Waals surface area contributed by atoms with E-state index in [1.54, 1.807) is 31.2 Å². The Morgan fingerprint density at radius 1 is 1.38 bits per heavy atom. The molecule has 1 saturated carbocycles. The highest BCUT2D eigenvalue weighted by Gasteiger charge is 2.29. The van der Waals surface area contributed by atoms with E-state index in [-0.39, 0.29) is 24.9 Å². The minimum atomic E-state index is -0.873. The summed E-state index contributed by atoms with van der Waals surface area (Å²) in [5.41, 5.74) is 5.84. The van der Waals surface area contributed by atoms with Gasteiger partial charge in [0.15, 0.2) is 6.61 Å². The quantitative estimate of drug-likeness (QED) is 0.727. The van der Waals surface area contributed by atoms with E-state index in [0.717, 1.165) is 19.3 Å². The van der Waals surface area contributed by atoms with Crippen LogP contribution in [0.2, 0.25) is 0 Å². The molecule has 0 spiro atoms. The number of amides is 1. The molecule has 0 radical (unpaired) electrons. The first-order valence-corrected chi connectivity index (χ1v) is 8.63. The van der Waals surface area contributed by atoms with Crippen molar-refractivity contribution in [3.63, 3.8) is 0 Å². The third kappa shape index (κ3) is 5.19. The van der Waals surface area contributed by atoms with Gasteiger partial charge in [-0.05, 0) is 50.5 Å². The number of hydrogen-bond acceptors (Lipinski definition) is 6. The Balaban J connectivity index is 0.00000243. The Hall–Kier alpha value is -2.12. The van der Waals surface area contributed by atoms with Crippen molar-refractivity contribution in [1.82, 2.24) is 10.1 Å². The molecule has 26 heavy (non-hydrogen) atoms. The van der Waals surface area contributed by atoms with Crippen molar-refractivity contribution in [2.45, 2.75) is 57.6 Å². The lowest BCUT2D eigenvalue weighted by Crippen LogP contribution is -2.48. The van der Waals surface area contributed by atoms with Crippen LogP contribution in [0.3, 0.4) is 0 Å². The predicted octanol–water partition coefficient (Wildman–Crippen LogP) is 3.40. The molecule has 1 atom stereocenters. The molecule has 1 aliphatic rings. The number of rotatable bonds is 8. The molecular weight excluding hydrogens is 356 g/mol. The number of anilines is 1. The first-order chi connectivity index (χ1) is 12.0. The van der Waals surface area contributed by atoms with Gasteiger partial charge in [0, 0.05) is 11.6 Å². The summed E-state index contributed by atoms with van der Waals surface area (Å²) >= 11 is 0. The molecule has 0 saturated heterocycles. The van der Waals surface area contributed by atoms with Crippen molar-refractivity contribution in [1.29, 1.82) is 0 Å². The highest BCUT2D eigenvalue weighted by atomic mass is 35.5. The first-order valence-electron chi connectivity index (χ1n) is 8.63. The van der Waals surface area contributed by atoms with Crippen LogP contribution in [-0.2, 0) is 11.4 Å². The summed E-state index contributed by atoms with van der Waals surface area (Å²) in [7, 11) is 0. The van der Waals surface area contributed by atoms with E-state index in [0.29, 0.717) is 35.5 Å². The van der Waals surface area contributed by atoms with E-state index in [1.807, 2.05) is 6.92 Å². The number of halogens is 1. The summed E-state index contributed by atoms with van der Waals surface area (Å²) in [6.45, 7) is 3.99. The molecule has 0 bridgehead atoms. The lowest BCUT2D eigenvalue weighted by molar-refractivity contribution is -0.120. The van der Waals surface area contributed by atoms with Crippen molar-refractivity contribution >= 4 is 24.0 Å². The van der Waals surface area contributed by atoms with Crippen LogP contribution in [0.15, 0.2) is 28.8 Å². The summed E-state index contributed by atoms with van der Waals surface area (Å²) in [5, 5.41) is 6.74. The molecule has 1 heterocycles. The van der Waals surface area contributed by atoms with E-state index in [9.17, 15) is 4.79 Å². The summed E-state index contributed by atoms with van der Waals surface area (Å²) in [5.74, 6) is 2.15. The molecule has 0 aliphatic heterocycles. The third-order valence-corrected chi connectivity index (χ3v) is 4.18. The predicted molar refractivity (Wildman–Crippen MR) is 100 cm³/mol. The molecule has 8 heteroatoms. The average molecular weight is 381 g/mol. The molecule has 1 aromatic heterocycles. The molecule has 1 fully saturated rings. The van der Waals surface area contributed by atoms with Crippen LogP contribution in [0.1, 0.15) is 57.2 Å². The first kappa shape index (κ1) is 20.2. The molecule has 3 N–H and O–H groups in total. The van der Waals surface area contributed by atoms with Gasteiger partial charge in [0.2, 0.25) is 17.6 Å². The van der Waals surface area contributed by atoms with Crippen molar-refractivity contribution in [2.24, 2.45) is 5.73 Å². The largest absolute Gasteiger partial charge is 0.485 e. The number of benzene rings is 1. The minimum absolute atomic E-state index is 0. The fraction of sp³-hybridized carbons (Fsp3) is 0.500. The van der Waals surface area contributed by atoms with Crippen molar-refractivity contribution in [3.05, 3.63) is 36.0 Å². The molecule has 3 rings (SSSR count). The van der Waals surface area contributed by atoms with Gasteiger partial charge in [-0.2, -0.15) is 4.98 Å². The molecule has 1 amide bonds. The second-order valence-electron chi connectivity index (χ2n) is 6.76. The zero-order valence-corrected chi connectivity index (χ0v) is 15.8. The van der Waals surface area contributed by atoms with Crippen LogP contribution in [0.4, 0.5) is 5.69 Å². The Labute approximate surface area is 159 Å². The van der Waals surface area contributed by atoms with Gasteiger partial charge in [-0.1, -0.05) is 18.5 Å². The molecular formula is C18H25ClN4O3. The molecule has 142 valence electrons. The Bertz CT molecular complexity index is 726. The number of ether oxygens (including phenoxy) is 1. The number of nitrogens with one attached hydrogen (secondary N) is 1. The van der Waals surface area contributed by atoms with E-state index in [1.165, 1.54) is 0 Å². The van der Waals surface area contributed by atoms with Crippen LogP contribution in [0, 0.1) is 0 Å². The Morgan fingerprint density at radius 2 is 2.08 bits per heavy atom. The van der Waals surface area contributed by atoms with Gasteiger partial charge in [-0.25, -0.2) is 0 Å². The number of aromatic nitrogens is 2. The standard InChI is InChI=1S/C18H24N4O3.ClH/c1-3-10-18(2,19)17(23)20-13-6-8-14(9-7-13)24-11-15-21-16(25-22-15)12-4-5-12;/h6-9,12H,3-5,10-11,19H2,1-2H3,(H,20,23);1H. The molecule has 7 nitrogen and oxygen atoms in total. The summed E-state index contributed by atoms with van der Waals surface area (Å²) in [4.78, 5) is 16.5. The Kier molecular flexibility index (Phi) is 6.61. The normalized spacial score (nSPS) is 15.7. The minimum Gasteiger partial charge on any atom is -0.485 e. The summed E-state index contributed by atoms with van der Waals surface area (Å²) in [6.07, 6.45) is 3.73. The van der Waals surface area contributed by atoms with Gasteiger partial charge < -0.3 is 20.3 Å². The fourth-order valence-corrected chi connectivity index (χ4v) is 2.51. The molecule has 1 unspecified atom stereocenters. The molecule has 1 aliphatic carbocycles. The van der Waals surface area contributed by atoms with Gasteiger partial charge in [-0.15, -0.1) is 12.4 Å². The van der Waals surface area contributed by atoms with Crippen molar-refractivity contribution < 1.29 is 14.1 Å². The number of nitrogens with two attached hydrogens (primary N) is 1. The van der Waals surface area contributed by atoms with Gasteiger partial charge in [0.25, 0.3) is 0 Å². The van der Waals surface area contributed by atoms with E-state index < -0.39 is 5.54 Å². The third-order valence-electron chi connectivity index (χ3n) is 4.18. The second-order valence-corrected chi connectivity index (χ2v) is 6.76. The van der Waals surface area contributed by atoms with Crippen molar-refractivity contribution in [2.75, 3.05) is 5.32 Å². The van der Waals surface area contributed by atoms with Crippen LogP contribution < -0.4 is 15.8 Å². The number of nitrogens with zero attached hydrogens (tertiary/aromatic N) is 2. The van der Waals surface area contributed by atoms with Gasteiger partial charge >= 0.3 is 0 Å². The maximum atomic E-state index is 12.2. The summed E-state index contributed by atoms with van der Waals surface area (Å²) < 4.78 is 10.8. The highest BCUT2D eigenvalue weighted by Crippen LogP contribution is 2.38. The zero-order valence-electron chi connectivity index (χ0n) is 15.0. The van der Waals surface area contributed by atoms with Gasteiger partial charge in [0.1, 0.15) is 5.75 Å².